The molecule has 2 rings (SSSR count). The molecular formula is C16H18N2O2. The molecule has 1 fully saturated rings. The van der Waals surface area contributed by atoms with Crippen LogP contribution in [0.15, 0.2) is 18.2 Å². The highest BCUT2D eigenvalue weighted by Gasteiger charge is 2.28. The molecule has 4 nitrogen and oxygen atoms in total. The lowest BCUT2D eigenvalue weighted by Crippen LogP contribution is -2.40. The lowest BCUT2D eigenvalue weighted by molar-refractivity contribution is -0.129. The molecule has 104 valence electrons. The molecule has 0 bridgehead atoms. The van der Waals surface area contributed by atoms with Crippen LogP contribution in [-0.4, -0.2) is 18.4 Å². The number of carbonyl (C=O) groups is 2. The lowest BCUT2D eigenvalue weighted by atomic mass is 10.0. The fourth-order valence-electron chi connectivity index (χ4n) is 2.34. The molecule has 0 aromatic heterocycles. The zero-order chi connectivity index (χ0) is 14.5. The van der Waals surface area contributed by atoms with Crippen LogP contribution in [0.4, 0.5) is 5.69 Å². The van der Waals surface area contributed by atoms with Crippen molar-refractivity contribution in [1.82, 2.24) is 0 Å². The predicted molar refractivity (Wildman–Crippen MR) is 78.1 cm³/mol. The van der Waals surface area contributed by atoms with E-state index in [9.17, 15) is 9.59 Å². The highest BCUT2D eigenvalue weighted by Crippen LogP contribution is 2.27. The maximum absolute atomic E-state index is 12.0. The summed E-state index contributed by atoms with van der Waals surface area (Å²) >= 11 is 0. The van der Waals surface area contributed by atoms with Gasteiger partial charge in [-0.15, -0.1) is 0 Å². The van der Waals surface area contributed by atoms with Gasteiger partial charge >= 0.3 is 0 Å². The minimum atomic E-state index is -0.114. The fourth-order valence-corrected chi connectivity index (χ4v) is 2.34. The van der Waals surface area contributed by atoms with Crippen LogP contribution < -0.4 is 10.6 Å². The van der Waals surface area contributed by atoms with Crippen molar-refractivity contribution in [3.63, 3.8) is 0 Å². The molecule has 0 unspecified atom stereocenters. The van der Waals surface area contributed by atoms with Crippen molar-refractivity contribution in [2.75, 3.05) is 11.4 Å². The van der Waals surface area contributed by atoms with Gasteiger partial charge in [0.1, 0.15) is 0 Å². The number of imide groups is 1. The van der Waals surface area contributed by atoms with E-state index in [2.05, 4.69) is 11.8 Å². The number of carbonyl (C=O) groups excluding carboxylic acids is 2. The molecule has 1 aliphatic rings. The third-order valence-electron chi connectivity index (χ3n) is 3.32. The average molecular weight is 270 g/mol. The molecule has 0 aliphatic carbocycles. The second-order valence-electron chi connectivity index (χ2n) is 4.68. The molecule has 0 saturated carbocycles. The zero-order valence-electron chi connectivity index (χ0n) is 11.6. The number of aryl methyl sites for hydroxylation is 1. The molecular weight excluding hydrogens is 252 g/mol. The van der Waals surface area contributed by atoms with Crippen molar-refractivity contribution >= 4 is 17.5 Å². The number of rotatable bonds is 2. The van der Waals surface area contributed by atoms with Crippen molar-refractivity contribution in [1.29, 1.82) is 0 Å². The van der Waals surface area contributed by atoms with Gasteiger partial charge in [-0.2, -0.15) is 0 Å². The highest BCUT2D eigenvalue weighted by molar-refractivity contribution is 6.16. The summed E-state index contributed by atoms with van der Waals surface area (Å²) in [6.45, 7) is 2.31. The topological polar surface area (TPSA) is 63.4 Å². The molecule has 20 heavy (non-hydrogen) atoms. The van der Waals surface area contributed by atoms with Crippen LogP contribution in [0.25, 0.3) is 0 Å². The smallest absolute Gasteiger partial charge is 0.233 e. The number of piperidine rings is 1. The summed E-state index contributed by atoms with van der Waals surface area (Å²) in [6.07, 6.45) is 2.26. The Hall–Kier alpha value is -2.12. The SMILES string of the molecule is CCc1cc(C#CCN)ccc1N1C(=O)CCCC1=O. The summed E-state index contributed by atoms with van der Waals surface area (Å²) in [5, 5.41) is 0. The number of hydrogen-bond acceptors (Lipinski definition) is 3. The Labute approximate surface area is 118 Å². The summed E-state index contributed by atoms with van der Waals surface area (Å²) in [6, 6.07) is 5.56. The summed E-state index contributed by atoms with van der Waals surface area (Å²) < 4.78 is 0. The van der Waals surface area contributed by atoms with E-state index in [0.29, 0.717) is 31.5 Å². The maximum atomic E-state index is 12.0. The van der Waals surface area contributed by atoms with Gasteiger partial charge in [0.05, 0.1) is 12.2 Å². The minimum Gasteiger partial charge on any atom is -0.320 e. The first-order valence-electron chi connectivity index (χ1n) is 6.85. The zero-order valence-corrected chi connectivity index (χ0v) is 11.6. The van der Waals surface area contributed by atoms with Gasteiger partial charge in [0.2, 0.25) is 11.8 Å². The number of amides is 2. The normalized spacial score (nSPS) is 15.0. The van der Waals surface area contributed by atoms with Crippen LogP contribution >= 0.6 is 0 Å². The molecule has 2 N–H and O–H groups in total. The van der Waals surface area contributed by atoms with Crippen LogP contribution in [0.5, 0.6) is 0 Å². The third-order valence-corrected chi connectivity index (χ3v) is 3.32. The van der Waals surface area contributed by atoms with E-state index < -0.39 is 0 Å². The molecule has 1 aliphatic heterocycles. The van der Waals surface area contributed by atoms with Gasteiger partial charge in [-0.25, -0.2) is 0 Å². The number of nitrogens with two attached hydrogens (primary N) is 1. The largest absolute Gasteiger partial charge is 0.320 e. The van der Waals surface area contributed by atoms with E-state index in [4.69, 9.17) is 5.73 Å². The Morgan fingerprint density at radius 1 is 1.25 bits per heavy atom. The van der Waals surface area contributed by atoms with E-state index in [1.807, 2.05) is 19.1 Å². The van der Waals surface area contributed by atoms with Gasteiger partial charge in [-0.1, -0.05) is 18.8 Å². The molecule has 0 radical (unpaired) electrons. The Balaban J connectivity index is 2.40. The average Bonchev–Trinajstić information content (AvgIpc) is 2.45. The van der Waals surface area contributed by atoms with Crippen LogP contribution in [0.1, 0.15) is 37.3 Å². The Morgan fingerprint density at radius 2 is 1.95 bits per heavy atom. The summed E-state index contributed by atoms with van der Waals surface area (Å²) in [4.78, 5) is 25.3. The Bertz CT molecular complexity index is 580. The molecule has 1 aromatic rings. The van der Waals surface area contributed by atoms with Crippen LogP contribution in [-0.2, 0) is 16.0 Å². The molecule has 0 spiro atoms. The molecule has 4 heteroatoms. The Morgan fingerprint density at radius 3 is 2.55 bits per heavy atom. The number of anilines is 1. The van der Waals surface area contributed by atoms with Crippen LogP contribution in [0.2, 0.25) is 0 Å². The molecule has 2 amide bonds. The number of nitrogens with zero attached hydrogens (tertiary/aromatic N) is 1. The predicted octanol–water partition coefficient (Wildman–Crippen LogP) is 1.60. The second kappa shape index (κ2) is 6.36. The van der Waals surface area contributed by atoms with E-state index >= 15 is 0 Å². The summed E-state index contributed by atoms with van der Waals surface area (Å²) in [7, 11) is 0. The first-order valence-corrected chi connectivity index (χ1v) is 6.85. The van der Waals surface area contributed by atoms with Crippen molar-refractivity contribution in [3.05, 3.63) is 29.3 Å². The van der Waals surface area contributed by atoms with Crippen LogP contribution in [0.3, 0.4) is 0 Å². The lowest BCUT2D eigenvalue weighted by Gasteiger charge is -2.26. The first kappa shape index (κ1) is 14.3. The van der Waals surface area contributed by atoms with Gasteiger partial charge < -0.3 is 5.73 Å². The first-order chi connectivity index (χ1) is 9.67. The molecule has 0 atom stereocenters. The van der Waals surface area contributed by atoms with E-state index in [1.165, 1.54) is 4.90 Å². The highest BCUT2D eigenvalue weighted by atomic mass is 16.2. The van der Waals surface area contributed by atoms with Crippen molar-refractivity contribution in [3.8, 4) is 11.8 Å². The second-order valence-corrected chi connectivity index (χ2v) is 4.68. The van der Waals surface area contributed by atoms with E-state index in [1.54, 1.807) is 6.07 Å². The van der Waals surface area contributed by atoms with Crippen LogP contribution in [0, 0.1) is 11.8 Å². The maximum Gasteiger partial charge on any atom is 0.233 e. The van der Waals surface area contributed by atoms with E-state index in [0.717, 1.165) is 17.5 Å². The van der Waals surface area contributed by atoms with Gasteiger partial charge in [-0.3, -0.25) is 14.5 Å². The fraction of sp³-hybridized carbons (Fsp3) is 0.375. The van der Waals surface area contributed by atoms with Gasteiger partial charge in [0, 0.05) is 18.4 Å². The molecule has 1 saturated heterocycles. The van der Waals surface area contributed by atoms with Crippen molar-refractivity contribution in [2.45, 2.75) is 32.6 Å². The summed E-state index contributed by atoms with van der Waals surface area (Å²) in [5.74, 6) is 5.54. The van der Waals surface area contributed by atoms with Gasteiger partial charge in [0.25, 0.3) is 0 Å². The minimum absolute atomic E-state index is 0.114. The number of benzene rings is 1. The quantitative estimate of drug-likeness (QED) is 0.656. The number of hydrogen-bond donors (Lipinski definition) is 1. The van der Waals surface area contributed by atoms with E-state index in [-0.39, 0.29) is 11.8 Å². The summed E-state index contributed by atoms with van der Waals surface area (Å²) in [5.41, 5.74) is 7.86. The van der Waals surface area contributed by atoms with Crippen molar-refractivity contribution < 1.29 is 9.59 Å². The standard InChI is InChI=1S/C16H18N2O2/c1-2-13-11-12(5-4-10-17)8-9-14(13)18-15(19)6-3-7-16(18)20/h8-9,11H,2-3,6-7,10,17H2,1H3. The molecule has 1 heterocycles. The van der Waals surface area contributed by atoms with Gasteiger partial charge in [-0.05, 0) is 36.6 Å². The third kappa shape index (κ3) is 2.89. The van der Waals surface area contributed by atoms with Crippen molar-refractivity contribution in [2.24, 2.45) is 5.73 Å². The van der Waals surface area contributed by atoms with Gasteiger partial charge in [0.15, 0.2) is 0 Å². The molecule has 1 aromatic carbocycles. The Kier molecular flexibility index (Phi) is 4.54. The monoisotopic (exact) mass is 270 g/mol.